The average molecular weight is 395 g/mol. The van der Waals surface area contributed by atoms with Crippen molar-refractivity contribution in [3.05, 3.63) is 0 Å². The lowest BCUT2D eigenvalue weighted by Crippen LogP contribution is -2.28. The molecule has 0 heterocycles. The highest BCUT2D eigenvalue weighted by Crippen LogP contribution is 2.35. The van der Waals surface area contributed by atoms with Gasteiger partial charge in [0, 0.05) is 0 Å². The van der Waals surface area contributed by atoms with E-state index in [9.17, 15) is 9.59 Å². The zero-order valence-electron chi connectivity index (χ0n) is 18.7. The SMILES string of the molecule is CC(CCOC(=O)C1CCC(C)C(C)C1)CCOC(=O)C1CCC(C)C(C)C1. The number of rotatable bonds is 8. The Balaban J connectivity index is 1.56. The molecule has 0 bridgehead atoms. The molecule has 2 saturated carbocycles. The quantitative estimate of drug-likeness (QED) is 0.500. The second kappa shape index (κ2) is 11.2. The van der Waals surface area contributed by atoms with Crippen molar-refractivity contribution in [1.29, 1.82) is 0 Å². The van der Waals surface area contributed by atoms with E-state index in [1.54, 1.807) is 0 Å². The molecule has 0 spiro atoms. The molecule has 2 rings (SSSR count). The molecule has 4 nitrogen and oxygen atoms in total. The summed E-state index contributed by atoms with van der Waals surface area (Å²) >= 11 is 0. The molecular formula is C24H42O4. The molecule has 0 amide bonds. The summed E-state index contributed by atoms with van der Waals surface area (Å²) in [5.41, 5.74) is 0. The lowest BCUT2D eigenvalue weighted by molar-refractivity contribution is -0.151. The van der Waals surface area contributed by atoms with Gasteiger partial charge in [-0.15, -0.1) is 0 Å². The maximum absolute atomic E-state index is 12.3. The molecule has 0 radical (unpaired) electrons. The molecule has 2 aliphatic rings. The van der Waals surface area contributed by atoms with E-state index in [-0.39, 0.29) is 23.8 Å². The molecule has 0 aromatic rings. The van der Waals surface area contributed by atoms with Gasteiger partial charge in [-0.1, -0.05) is 34.6 Å². The van der Waals surface area contributed by atoms with Crippen molar-refractivity contribution in [2.24, 2.45) is 41.4 Å². The molecule has 28 heavy (non-hydrogen) atoms. The molecule has 0 N–H and O–H groups in total. The maximum Gasteiger partial charge on any atom is 0.308 e. The fourth-order valence-electron chi connectivity index (χ4n) is 4.62. The van der Waals surface area contributed by atoms with Gasteiger partial charge < -0.3 is 9.47 Å². The zero-order chi connectivity index (χ0) is 20.7. The highest BCUT2D eigenvalue weighted by Gasteiger charge is 2.31. The highest BCUT2D eigenvalue weighted by atomic mass is 16.5. The highest BCUT2D eigenvalue weighted by molar-refractivity contribution is 5.73. The Morgan fingerprint density at radius 1 is 0.714 bits per heavy atom. The summed E-state index contributed by atoms with van der Waals surface area (Å²) in [5, 5.41) is 0. The van der Waals surface area contributed by atoms with E-state index in [0.29, 0.717) is 42.8 Å². The second-order valence-electron chi connectivity index (χ2n) is 9.95. The van der Waals surface area contributed by atoms with Crippen LogP contribution in [0.1, 0.15) is 86.0 Å². The summed E-state index contributed by atoms with van der Waals surface area (Å²) in [4.78, 5) is 24.5. The van der Waals surface area contributed by atoms with E-state index in [0.717, 1.165) is 51.4 Å². The molecule has 6 atom stereocenters. The van der Waals surface area contributed by atoms with Crippen LogP contribution in [0, 0.1) is 41.4 Å². The Hall–Kier alpha value is -1.06. The van der Waals surface area contributed by atoms with Crippen LogP contribution in [0.5, 0.6) is 0 Å². The van der Waals surface area contributed by atoms with Crippen molar-refractivity contribution in [2.45, 2.75) is 86.0 Å². The molecule has 0 aromatic heterocycles. The number of carbonyl (C=O) groups excluding carboxylic acids is 2. The number of hydrogen-bond donors (Lipinski definition) is 0. The Bertz CT molecular complexity index is 459. The van der Waals surface area contributed by atoms with Crippen LogP contribution >= 0.6 is 0 Å². The third-order valence-corrected chi connectivity index (χ3v) is 7.57. The van der Waals surface area contributed by atoms with Gasteiger partial charge in [-0.25, -0.2) is 0 Å². The van der Waals surface area contributed by atoms with Crippen LogP contribution in [-0.2, 0) is 19.1 Å². The van der Waals surface area contributed by atoms with E-state index >= 15 is 0 Å². The topological polar surface area (TPSA) is 52.6 Å². The maximum atomic E-state index is 12.3. The van der Waals surface area contributed by atoms with Crippen LogP contribution in [0.25, 0.3) is 0 Å². The predicted octanol–water partition coefficient (Wildman–Crippen LogP) is 5.63. The third kappa shape index (κ3) is 7.08. The van der Waals surface area contributed by atoms with Crippen molar-refractivity contribution in [1.82, 2.24) is 0 Å². The van der Waals surface area contributed by atoms with E-state index in [1.807, 2.05) is 0 Å². The minimum Gasteiger partial charge on any atom is -0.465 e. The summed E-state index contributed by atoms with van der Waals surface area (Å²) in [5.74, 6) is 3.17. The van der Waals surface area contributed by atoms with Crippen molar-refractivity contribution >= 4 is 11.9 Å². The number of hydrogen-bond acceptors (Lipinski definition) is 4. The van der Waals surface area contributed by atoms with Gasteiger partial charge in [0.15, 0.2) is 0 Å². The van der Waals surface area contributed by atoms with Crippen molar-refractivity contribution < 1.29 is 19.1 Å². The lowest BCUT2D eigenvalue weighted by atomic mass is 9.76. The number of carbonyl (C=O) groups is 2. The van der Waals surface area contributed by atoms with Crippen LogP contribution in [-0.4, -0.2) is 25.2 Å². The second-order valence-corrected chi connectivity index (χ2v) is 9.95. The molecule has 2 aliphatic carbocycles. The molecule has 0 aliphatic heterocycles. The van der Waals surface area contributed by atoms with Crippen LogP contribution in [0.15, 0.2) is 0 Å². The Morgan fingerprint density at radius 3 is 1.46 bits per heavy atom. The summed E-state index contributed by atoms with van der Waals surface area (Å²) in [6, 6.07) is 0. The Morgan fingerprint density at radius 2 is 1.11 bits per heavy atom. The van der Waals surface area contributed by atoms with E-state index in [4.69, 9.17) is 9.47 Å². The molecule has 0 saturated heterocycles. The third-order valence-electron chi connectivity index (χ3n) is 7.57. The van der Waals surface area contributed by atoms with Gasteiger partial charge in [-0.05, 0) is 81.0 Å². The number of ether oxygens (including phenoxy) is 2. The zero-order valence-corrected chi connectivity index (χ0v) is 18.7. The summed E-state index contributed by atoms with van der Waals surface area (Å²) in [6.45, 7) is 12.1. The van der Waals surface area contributed by atoms with E-state index < -0.39 is 0 Å². The Labute approximate surface area is 172 Å². The Kier molecular flexibility index (Phi) is 9.30. The van der Waals surface area contributed by atoms with Gasteiger partial charge in [0.2, 0.25) is 0 Å². The van der Waals surface area contributed by atoms with Gasteiger partial charge in [0.25, 0.3) is 0 Å². The standard InChI is InChI=1S/C24H42O4/c1-16(10-12-27-23(25)21-8-6-17(2)19(4)14-21)11-13-28-24(26)22-9-7-18(3)20(5)15-22/h16-22H,6-15H2,1-5H3. The first kappa shape index (κ1) is 23.2. The average Bonchev–Trinajstić information content (AvgIpc) is 2.66. The molecule has 2 fully saturated rings. The van der Waals surface area contributed by atoms with Gasteiger partial charge in [-0.3, -0.25) is 9.59 Å². The fourth-order valence-corrected chi connectivity index (χ4v) is 4.62. The van der Waals surface area contributed by atoms with Gasteiger partial charge in [0.05, 0.1) is 25.0 Å². The molecule has 162 valence electrons. The minimum absolute atomic E-state index is 0.0157. The van der Waals surface area contributed by atoms with E-state index in [1.165, 1.54) is 0 Å². The van der Waals surface area contributed by atoms with Gasteiger partial charge >= 0.3 is 11.9 Å². The predicted molar refractivity (Wildman–Crippen MR) is 112 cm³/mol. The first-order valence-electron chi connectivity index (χ1n) is 11.6. The number of esters is 2. The summed E-state index contributed by atoms with van der Waals surface area (Å²) < 4.78 is 11.1. The lowest BCUT2D eigenvalue weighted by Gasteiger charge is -2.30. The van der Waals surface area contributed by atoms with Crippen molar-refractivity contribution in [3.8, 4) is 0 Å². The normalized spacial score (nSPS) is 34.5. The van der Waals surface area contributed by atoms with Gasteiger partial charge in [-0.2, -0.15) is 0 Å². The van der Waals surface area contributed by atoms with Crippen LogP contribution in [0.3, 0.4) is 0 Å². The molecule has 4 heteroatoms. The van der Waals surface area contributed by atoms with Gasteiger partial charge in [0.1, 0.15) is 0 Å². The van der Waals surface area contributed by atoms with Crippen LogP contribution in [0.4, 0.5) is 0 Å². The first-order valence-corrected chi connectivity index (χ1v) is 11.6. The summed E-state index contributed by atoms with van der Waals surface area (Å²) in [6.07, 6.45) is 7.78. The van der Waals surface area contributed by atoms with Crippen LogP contribution < -0.4 is 0 Å². The molecule has 6 unspecified atom stereocenters. The fraction of sp³-hybridized carbons (Fsp3) is 0.917. The minimum atomic E-state index is -0.0157. The summed E-state index contributed by atoms with van der Waals surface area (Å²) in [7, 11) is 0. The molecular weight excluding hydrogens is 352 g/mol. The monoisotopic (exact) mass is 394 g/mol. The van der Waals surface area contributed by atoms with Crippen molar-refractivity contribution in [3.63, 3.8) is 0 Å². The first-order chi connectivity index (χ1) is 13.3. The largest absolute Gasteiger partial charge is 0.465 e. The smallest absolute Gasteiger partial charge is 0.308 e. The van der Waals surface area contributed by atoms with Crippen LogP contribution in [0.2, 0.25) is 0 Å². The van der Waals surface area contributed by atoms with E-state index in [2.05, 4.69) is 34.6 Å². The van der Waals surface area contributed by atoms with Crippen molar-refractivity contribution in [2.75, 3.05) is 13.2 Å². The molecule has 0 aromatic carbocycles.